The number of carbonyl (C=O) groups excluding carboxylic acids is 2. The monoisotopic (exact) mass is 350 g/mol. The van der Waals surface area contributed by atoms with E-state index in [1.165, 1.54) is 0 Å². The highest BCUT2D eigenvalue weighted by Crippen LogP contribution is 2.50. The Morgan fingerprint density at radius 3 is 1.88 bits per heavy atom. The number of ketones is 2. The van der Waals surface area contributed by atoms with Gasteiger partial charge < -0.3 is 5.32 Å². The average molecular weight is 350 g/mol. The lowest BCUT2D eigenvalue weighted by Gasteiger charge is -2.43. The lowest BCUT2D eigenvalue weighted by Crippen LogP contribution is -2.42. The summed E-state index contributed by atoms with van der Waals surface area (Å²) in [6, 6.07) is 5.73. The van der Waals surface area contributed by atoms with Gasteiger partial charge in [-0.25, -0.2) is 0 Å². The predicted octanol–water partition coefficient (Wildman–Crippen LogP) is 4.05. The third-order valence-electron chi connectivity index (χ3n) is 5.70. The van der Waals surface area contributed by atoms with Crippen molar-refractivity contribution in [2.24, 2.45) is 10.8 Å². The third kappa shape index (κ3) is 2.81. The van der Waals surface area contributed by atoms with E-state index in [1.54, 1.807) is 6.20 Å². The zero-order valence-electron chi connectivity index (χ0n) is 16.0. The highest BCUT2D eigenvalue weighted by Gasteiger charge is 2.46. The van der Waals surface area contributed by atoms with Crippen molar-refractivity contribution in [1.29, 1.82) is 0 Å². The van der Waals surface area contributed by atoms with Crippen LogP contribution in [0.4, 0.5) is 0 Å². The van der Waals surface area contributed by atoms with Crippen LogP contribution in [0, 0.1) is 10.8 Å². The zero-order valence-corrected chi connectivity index (χ0v) is 16.0. The van der Waals surface area contributed by atoms with Crippen LogP contribution >= 0.6 is 0 Å². The topological polar surface area (TPSA) is 59.1 Å². The maximum atomic E-state index is 13.1. The van der Waals surface area contributed by atoms with Crippen molar-refractivity contribution in [2.75, 3.05) is 0 Å². The summed E-state index contributed by atoms with van der Waals surface area (Å²) in [5.74, 6) is -0.0400. The van der Waals surface area contributed by atoms with E-state index in [0.29, 0.717) is 12.8 Å². The molecule has 4 nitrogen and oxygen atoms in total. The van der Waals surface area contributed by atoms with Crippen molar-refractivity contribution >= 4 is 11.6 Å². The zero-order chi connectivity index (χ0) is 18.7. The molecule has 1 aliphatic heterocycles. The van der Waals surface area contributed by atoms with E-state index in [4.69, 9.17) is 0 Å². The number of Topliss-reactive ketones (excluding diaryl/α,β-unsaturated/α-hetero) is 2. The molecule has 0 aromatic carbocycles. The number of dihydropyridines is 1. The van der Waals surface area contributed by atoms with Crippen LogP contribution in [0.5, 0.6) is 0 Å². The summed E-state index contributed by atoms with van der Waals surface area (Å²) in [4.78, 5) is 30.7. The standard InChI is InChI=1S/C22H26N2O2/c1-21(2)9-14-18(16(25)11-21)20(13-7-5-6-8-23-13)19-15(24-14)10-22(3,4)12-17(19)26/h5-8,20,24H,9-12H2,1-4H3. The molecule has 4 heteroatoms. The van der Waals surface area contributed by atoms with Crippen LogP contribution in [0.25, 0.3) is 0 Å². The molecule has 0 bridgehead atoms. The molecule has 0 fully saturated rings. The molecule has 1 aromatic rings. The quantitative estimate of drug-likeness (QED) is 0.830. The summed E-state index contributed by atoms with van der Waals surface area (Å²) >= 11 is 0. The van der Waals surface area contributed by atoms with Gasteiger partial charge in [0.15, 0.2) is 11.6 Å². The Kier molecular flexibility index (Phi) is 3.73. The second kappa shape index (κ2) is 5.63. The van der Waals surface area contributed by atoms with Gasteiger partial charge in [-0.15, -0.1) is 0 Å². The first-order chi connectivity index (χ1) is 12.2. The molecule has 2 aliphatic carbocycles. The minimum Gasteiger partial charge on any atom is -0.362 e. The summed E-state index contributed by atoms with van der Waals surface area (Å²) in [6.07, 6.45) is 4.41. The molecule has 0 atom stereocenters. The van der Waals surface area contributed by atoms with E-state index in [1.807, 2.05) is 18.2 Å². The van der Waals surface area contributed by atoms with Gasteiger partial charge in [-0.05, 0) is 35.8 Å². The highest BCUT2D eigenvalue weighted by atomic mass is 16.1. The molecule has 0 radical (unpaired) electrons. The summed E-state index contributed by atoms with van der Waals surface area (Å²) in [6.45, 7) is 8.52. The molecular weight excluding hydrogens is 324 g/mol. The molecule has 0 amide bonds. The summed E-state index contributed by atoms with van der Waals surface area (Å²) in [5.41, 5.74) is 4.17. The van der Waals surface area contributed by atoms with E-state index in [0.717, 1.165) is 41.1 Å². The van der Waals surface area contributed by atoms with E-state index < -0.39 is 0 Å². The van der Waals surface area contributed by atoms with E-state index in [9.17, 15) is 9.59 Å². The van der Waals surface area contributed by atoms with Crippen LogP contribution in [0.3, 0.4) is 0 Å². The smallest absolute Gasteiger partial charge is 0.162 e. The molecule has 26 heavy (non-hydrogen) atoms. The van der Waals surface area contributed by atoms with Gasteiger partial charge in [-0.3, -0.25) is 14.6 Å². The number of pyridine rings is 1. The molecule has 0 saturated heterocycles. The van der Waals surface area contributed by atoms with Gasteiger partial charge in [-0.1, -0.05) is 33.8 Å². The normalized spacial score (nSPS) is 24.9. The van der Waals surface area contributed by atoms with Crippen molar-refractivity contribution in [3.63, 3.8) is 0 Å². The summed E-state index contributed by atoms with van der Waals surface area (Å²) < 4.78 is 0. The Labute approximate surface area is 154 Å². The molecule has 1 aromatic heterocycles. The molecular formula is C22H26N2O2. The Bertz CT molecular complexity index is 807. The molecule has 3 aliphatic rings. The molecule has 1 N–H and O–H groups in total. The van der Waals surface area contributed by atoms with Crippen molar-refractivity contribution < 1.29 is 9.59 Å². The molecule has 4 rings (SSSR count). The number of hydrogen-bond acceptors (Lipinski definition) is 4. The number of allylic oxidation sites excluding steroid dienone is 4. The van der Waals surface area contributed by atoms with Gasteiger partial charge in [-0.2, -0.15) is 0 Å². The molecule has 0 unspecified atom stereocenters. The second-order valence-corrected chi connectivity index (χ2v) is 9.48. The van der Waals surface area contributed by atoms with Gasteiger partial charge >= 0.3 is 0 Å². The van der Waals surface area contributed by atoms with Crippen LogP contribution < -0.4 is 5.32 Å². The Hall–Kier alpha value is -2.23. The summed E-state index contributed by atoms with van der Waals surface area (Å²) in [5, 5.41) is 3.52. The molecule has 2 heterocycles. The largest absolute Gasteiger partial charge is 0.362 e. The van der Waals surface area contributed by atoms with Crippen molar-refractivity contribution in [1.82, 2.24) is 10.3 Å². The fourth-order valence-corrected chi connectivity index (χ4v) is 4.73. The number of carbonyl (C=O) groups is 2. The van der Waals surface area contributed by atoms with E-state index in [-0.39, 0.29) is 28.3 Å². The van der Waals surface area contributed by atoms with Crippen molar-refractivity contribution in [3.05, 3.63) is 52.6 Å². The van der Waals surface area contributed by atoms with E-state index in [2.05, 4.69) is 38.0 Å². The third-order valence-corrected chi connectivity index (χ3v) is 5.70. The van der Waals surface area contributed by atoms with Crippen LogP contribution in [-0.2, 0) is 9.59 Å². The lowest BCUT2D eigenvalue weighted by atomic mass is 9.65. The second-order valence-electron chi connectivity index (χ2n) is 9.48. The van der Waals surface area contributed by atoms with Crippen LogP contribution in [-0.4, -0.2) is 16.6 Å². The molecule has 136 valence electrons. The van der Waals surface area contributed by atoms with Gasteiger partial charge in [0, 0.05) is 41.6 Å². The van der Waals surface area contributed by atoms with Crippen molar-refractivity contribution in [2.45, 2.75) is 59.3 Å². The van der Waals surface area contributed by atoms with Crippen LogP contribution in [0.1, 0.15) is 65.0 Å². The SMILES string of the molecule is CC1(C)CC(=O)C2=C(C1)NC1=C(C(=O)CC(C)(C)C1)C2c1ccccn1. The molecule has 0 saturated carbocycles. The molecule has 0 spiro atoms. The van der Waals surface area contributed by atoms with Gasteiger partial charge in [0.1, 0.15) is 0 Å². The minimum absolute atomic E-state index is 0.0656. The minimum atomic E-state index is -0.324. The fourth-order valence-electron chi connectivity index (χ4n) is 4.73. The van der Waals surface area contributed by atoms with Crippen LogP contribution in [0.2, 0.25) is 0 Å². The van der Waals surface area contributed by atoms with Crippen LogP contribution in [0.15, 0.2) is 46.9 Å². The number of aromatic nitrogens is 1. The Morgan fingerprint density at radius 2 is 1.42 bits per heavy atom. The summed E-state index contributed by atoms with van der Waals surface area (Å²) in [7, 11) is 0. The first kappa shape index (κ1) is 17.2. The fraction of sp³-hybridized carbons (Fsp3) is 0.500. The van der Waals surface area contributed by atoms with Gasteiger partial charge in [0.2, 0.25) is 0 Å². The highest BCUT2D eigenvalue weighted by molar-refractivity contribution is 6.06. The number of nitrogens with one attached hydrogen (secondary N) is 1. The van der Waals surface area contributed by atoms with Crippen molar-refractivity contribution in [3.8, 4) is 0 Å². The Morgan fingerprint density at radius 1 is 0.885 bits per heavy atom. The number of rotatable bonds is 1. The first-order valence-corrected chi connectivity index (χ1v) is 9.37. The number of nitrogens with zero attached hydrogens (tertiary/aromatic N) is 1. The predicted molar refractivity (Wildman–Crippen MR) is 100 cm³/mol. The number of hydrogen-bond donors (Lipinski definition) is 1. The van der Waals surface area contributed by atoms with E-state index >= 15 is 0 Å². The maximum absolute atomic E-state index is 13.1. The average Bonchev–Trinajstić information content (AvgIpc) is 2.51. The first-order valence-electron chi connectivity index (χ1n) is 9.37. The maximum Gasteiger partial charge on any atom is 0.162 e. The Balaban J connectivity index is 1.91. The lowest BCUT2D eigenvalue weighted by molar-refractivity contribution is -0.119. The van der Waals surface area contributed by atoms with Gasteiger partial charge in [0.05, 0.1) is 11.6 Å². The van der Waals surface area contributed by atoms with Gasteiger partial charge in [0.25, 0.3) is 0 Å².